The lowest BCUT2D eigenvalue weighted by atomic mass is 9.81. The average molecular weight is 257 g/mol. The highest BCUT2D eigenvalue weighted by Gasteiger charge is 2.41. The summed E-state index contributed by atoms with van der Waals surface area (Å²) in [4.78, 5) is 34.1. The predicted octanol–water partition coefficient (Wildman–Crippen LogP) is 0.843. The molecule has 0 aliphatic heterocycles. The molecule has 6 heteroatoms. The number of rotatable bonds is 5. The third-order valence-electron chi connectivity index (χ3n) is 3.11. The second-order valence-electron chi connectivity index (χ2n) is 4.48. The summed E-state index contributed by atoms with van der Waals surface area (Å²) in [5, 5.41) is 11.7. The van der Waals surface area contributed by atoms with E-state index in [0.29, 0.717) is 12.8 Å². The summed E-state index contributed by atoms with van der Waals surface area (Å²) in [6, 6.07) is 0. The van der Waals surface area contributed by atoms with Crippen molar-refractivity contribution in [3.63, 3.8) is 0 Å². The fourth-order valence-corrected chi connectivity index (χ4v) is 2.20. The molecule has 0 aromatic heterocycles. The van der Waals surface area contributed by atoms with E-state index in [2.05, 4.69) is 10.1 Å². The zero-order valence-corrected chi connectivity index (χ0v) is 10.5. The van der Waals surface area contributed by atoms with Crippen LogP contribution in [-0.2, 0) is 19.1 Å². The van der Waals surface area contributed by atoms with Gasteiger partial charge in [0.15, 0.2) is 0 Å². The topological polar surface area (TPSA) is 92.7 Å². The smallest absolute Gasteiger partial charge is 0.329 e. The van der Waals surface area contributed by atoms with Crippen molar-refractivity contribution in [2.75, 3.05) is 6.61 Å². The van der Waals surface area contributed by atoms with Crippen LogP contribution in [-0.4, -0.2) is 35.1 Å². The summed E-state index contributed by atoms with van der Waals surface area (Å²) in [6.45, 7) is 1.85. The number of carbonyl (C=O) groups excluding carboxylic acids is 2. The van der Waals surface area contributed by atoms with Crippen LogP contribution < -0.4 is 5.32 Å². The maximum absolute atomic E-state index is 11.6. The number of esters is 1. The van der Waals surface area contributed by atoms with Crippen LogP contribution in [0.4, 0.5) is 0 Å². The first-order valence-corrected chi connectivity index (χ1v) is 6.20. The van der Waals surface area contributed by atoms with E-state index in [1.807, 2.05) is 0 Å². The van der Waals surface area contributed by atoms with Crippen molar-refractivity contribution >= 4 is 17.8 Å². The Bertz CT molecular complexity index is 333. The van der Waals surface area contributed by atoms with Crippen LogP contribution in [0.5, 0.6) is 0 Å². The molecule has 1 rings (SSSR count). The molecular weight excluding hydrogens is 238 g/mol. The van der Waals surface area contributed by atoms with E-state index in [9.17, 15) is 19.5 Å². The molecule has 0 radical (unpaired) electrons. The van der Waals surface area contributed by atoms with Crippen LogP contribution in [0.2, 0.25) is 0 Å². The number of hydrogen-bond acceptors (Lipinski definition) is 4. The first-order valence-electron chi connectivity index (χ1n) is 6.20. The Morgan fingerprint density at radius 3 is 2.33 bits per heavy atom. The number of amides is 1. The maximum Gasteiger partial charge on any atom is 0.329 e. The molecule has 102 valence electrons. The van der Waals surface area contributed by atoms with E-state index in [1.54, 1.807) is 6.92 Å². The number of ether oxygens (including phenoxy) is 1. The van der Waals surface area contributed by atoms with Gasteiger partial charge in [0.1, 0.15) is 12.0 Å². The van der Waals surface area contributed by atoms with E-state index in [4.69, 9.17) is 0 Å². The largest absolute Gasteiger partial charge is 0.480 e. The molecule has 0 spiro atoms. The highest BCUT2D eigenvalue weighted by Crippen LogP contribution is 2.28. The summed E-state index contributed by atoms with van der Waals surface area (Å²) < 4.78 is 4.65. The Hall–Kier alpha value is -1.59. The van der Waals surface area contributed by atoms with Crippen LogP contribution >= 0.6 is 0 Å². The quantitative estimate of drug-likeness (QED) is 0.562. The fraction of sp³-hybridized carbons (Fsp3) is 0.750. The molecule has 6 nitrogen and oxygen atoms in total. The van der Waals surface area contributed by atoms with Crippen molar-refractivity contribution in [2.24, 2.45) is 0 Å². The molecule has 2 N–H and O–H groups in total. The monoisotopic (exact) mass is 257 g/mol. The zero-order chi connectivity index (χ0) is 13.6. The number of aliphatic carboxylic acids is 1. The highest BCUT2D eigenvalue weighted by atomic mass is 16.5. The van der Waals surface area contributed by atoms with Gasteiger partial charge >= 0.3 is 11.9 Å². The third-order valence-corrected chi connectivity index (χ3v) is 3.11. The molecule has 0 bridgehead atoms. The van der Waals surface area contributed by atoms with E-state index >= 15 is 0 Å². The van der Waals surface area contributed by atoms with Crippen LogP contribution in [0, 0.1) is 0 Å². The Balaban J connectivity index is 2.58. The molecule has 1 amide bonds. The summed E-state index contributed by atoms with van der Waals surface area (Å²) in [5.74, 6) is -2.25. The molecule has 0 unspecified atom stereocenters. The van der Waals surface area contributed by atoms with Gasteiger partial charge in [0.25, 0.3) is 0 Å². The maximum atomic E-state index is 11.6. The molecule has 0 saturated heterocycles. The lowest BCUT2D eigenvalue weighted by Gasteiger charge is -2.33. The van der Waals surface area contributed by atoms with Gasteiger partial charge in [-0.3, -0.25) is 9.59 Å². The number of carbonyl (C=O) groups is 3. The van der Waals surface area contributed by atoms with Crippen molar-refractivity contribution in [3.05, 3.63) is 0 Å². The zero-order valence-electron chi connectivity index (χ0n) is 10.5. The van der Waals surface area contributed by atoms with Gasteiger partial charge in [0.05, 0.1) is 6.61 Å². The molecule has 1 aliphatic carbocycles. The molecular formula is C12H19NO5. The summed E-state index contributed by atoms with van der Waals surface area (Å²) in [6.07, 6.45) is 2.91. The van der Waals surface area contributed by atoms with Crippen LogP contribution in [0.1, 0.15) is 45.4 Å². The molecule has 0 aromatic carbocycles. The molecule has 0 atom stereocenters. The molecule has 1 aliphatic rings. The third kappa shape index (κ3) is 3.72. The van der Waals surface area contributed by atoms with Gasteiger partial charge in [-0.1, -0.05) is 19.3 Å². The lowest BCUT2D eigenvalue weighted by Crippen LogP contribution is -2.55. The van der Waals surface area contributed by atoms with Crippen molar-refractivity contribution in [2.45, 2.75) is 51.0 Å². The van der Waals surface area contributed by atoms with Gasteiger partial charge in [-0.15, -0.1) is 0 Å². The van der Waals surface area contributed by atoms with E-state index in [0.717, 1.165) is 19.3 Å². The number of nitrogens with one attached hydrogen (secondary N) is 1. The second-order valence-corrected chi connectivity index (χ2v) is 4.48. The summed E-state index contributed by atoms with van der Waals surface area (Å²) in [5.41, 5.74) is -1.21. The van der Waals surface area contributed by atoms with E-state index in [1.165, 1.54) is 0 Å². The number of hydrogen-bond donors (Lipinski definition) is 2. The Morgan fingerprint density at radius 2 is 1.83 bits per heavy atom. The minimum Gasteiger partial charge on any atom is -0.480 e. The van der Waals surface area contributed by atoms with Crippen LogP contribution in [0.25, 0.3) is 0 Å². The normalized spacial score (nSPS) is 17.8. The first kappa shape index (κ1) is 14.5. The van der Waals surface area contributed by atoms with Crippen molar-refractivity contribution < 1.29 is 24.2 Å². The number of carboxylic acids is 1. The van der Waals surface area contributed by atoms with Gasteiger partial charge in [-0.2, -0.15) is 0 Å². The van der Waals surface area contributed by atoms with Crippen LogP contribution in [0.3, 0.4) is 0 Å². The molecule has 1 saturated carbocycles. The van der Waals surface area contributed by atoms with Gasteiger partial charge in [-0.25, -0.2) is 4.79 Å². The van der Waals surface area contributed by atoms with E-state index in [-0.39, 0.29) is 6.61 Å². The first-order chi connectivity index (χ1) is 8.50. The predicted molar refractivity (Wildman–Crippen MR) is 62.8 cm³/mol. The highest BCUT2D eigenvalue weighted by molar-refractivity contribution is 5.97. The van der Waals surface area contributed by atoms with Crippen molar-refractivity contribution in [3.8, 4) is 0 Å². The van der Waals surface area contributed by atoms with Gasteiger partial charge in [0, 0.05) is 0 Å². The molecule has 0 aromatic rings. The second kappa shape index (κ2) is 6.37. The average Bonchev–Trinajstić information content (AvgIpc) is 2.29. The summed E-state index contributed by atoms with van der Waals surface area (Å²) >= 11 is 0. The van der Waals surface area contributed by atoms with Crippen molar-refractivity contribution in [1.82, 2.24) is 5.32 Å². The van der Waals surface area contributed by atoms with E-state index < -0.39 is 29.8 Å². The summed E-state index contributed by atoms with van der Waals surface area (Å²) in [7, 11) is 0. The van der Waals surface area contributed by atoms with Crippen molar-refractivity contribution in [1.29, 1.82) is 0 Å². The van der Waals surface area contributed by atoms with Gasteiger partial charge in [-0.05, 0) is 19.8 Å². The van der Waals surface area contributed by atoms with Gasteiger partial charge in [0.2, 0.25) is 5.91 Å². The lowest BCUT2D eigenvalue weighted by molar-refractivity contribution is -0.152. The minimum atomic E-state index is -1.21. The Labute approximate surface area is 106 Å². The molecule has 18 heavy (non-hydrogen) atoms. The number of carboxylic acid groups (broad SMARTS) is 1. The Morgan fingerprint density at radius 1 is 1.22 bits per heavy atom. The minimum absolute atomic E-state index is 0.205. The van der Waals surface area contributed by atoms with Gasteiger partial charge < -0.3 is 15.2 Å². The molecule has 1 fully saturated rings. The standard InChI is InChI=1S/C12H19NO5/c1-2-18-10(15)8-9(14)13-12(11(16)17)6-4-3-5-7-12/h2-8H2,1H3,(H,13,14)(H,16,17). The Kier molecular flexibility index (Phi) is 5.12. The van der Waals surface area contributed by atoms with Crippen LogP contribution in [0.15, 0.2) is 0 Å². The fourth-order valence-electron chi connectivity index (χ4n) is 2.20. The SMILES string of the molecule is CCOC(=O)CC(=O)NC1(C(=O)O)CCCCC1. The molecule has 0 heterocycles.